The van der Waals surface area contributed by atoms with Gasteiger partial charge in [-0.1, -0.05) is 25.8 Å². The number of aromatic nitrogens is 2. The van der Waals surface area contributed by atoms with Gasteiger partial charge < -0.3 is 5.73 Å². The number of anilines is 1. The maximum Gasteiger partial charge on any atom is 0.151 e. The maximum absolute atomic E-state index is 5.47. The van der Waals surface area contributed by atoms with Crippen molar-refractivity contribution in [1.82, 2.24) is 9.97 Å². The van der Waals surface area contributed by atoms with Gasteiger partial charge in [0, 0.05) is 0 Å². The van der Waals surface area contributed by atoms with Gasteiger partial charge >= 0.3 is 0 Å². The Morgan fingerprint density at radius 2 is 2.00 bits per heavy atom. The average Bonchev–Trinajstić information content (AvgIpc) is 2.21. The van der Waals surface area contributed by atoms with Crippen molar-refractivity contribution < 1.29 is 0 Å². The van der Waals surface area contributed by atoms with Crippen molar-refractivity contribution in [3.8, 4) is 0 Å². The summed E-state index contributed by atoms with van der Waals surface area (Å²) in [6.07, 6.45) is 12.2. The van der Waals surface area contributed by atoms with E-state index in [0.717, 1.165) is 12.2 Å². The number of rotatable bonds is 5. The minimum atomic E-state index is 0.605. The summed E-state index contributed by atoms with van der Waals surface area (Å²) >= 11 is 0. The third-order valence-electron chi connectivity index (χ3n) is 1.93. The normalized spacial score (nSPS) is 10.9. The van der Waals surface area contributed by atoms with Crippen LogP contribution in [0.4, 0.5) is 5.69 Å². The standard InChI is InChI=1S/C11H17N3/c1-2-3-4-5-6-7-11-13-8-10(12)9-14-11/h6-9H,2-5,12H2,1H3/b7-6+. The maximum atomic E-state index is 5.47. The van der Waals surface area contributed by atoms with E-state index in [2.05, 4.69) is 23.0 Å². The molecule has 0 bridgehead atoms. The molecular formula is C11H17N3. The molecule has 0 spiro atoms. The number of nitrogens with two attached hydrogens (primary N) is 1. The van der Waals surface area contributed by atoms with Crippen molar-refractivity contribution in [2.24, 2.45) is 0 Å². The van der Waals surface area contributed by atoms with E-state index < -0.39 is 0 Å². The highest BCUT2D eigenvalue weighted by Crippen LogP contribution is 2.03. The van der Waals surface area contributed by atoms with Crippen LogP contribution >= 0.6 is 0 Å². The number of nitrogens with zero attached hydrogens (tertiary/aromatic N) is 2. The van der Waals surface area contributed by atoms with Crippen molar-refractivity contribution >= 4 is 11.8 Å². The highest BCUT2D eigenvalue weighted by Gasteiger charge is 1.89. The first kappa shape index (κ1) is 10.7. The Labute approximate surface area is 85.1 Å². The molecule has 1 rings (SSSR count). The Kier molecular flexibility index (Phi) is 4.69. The fourth-order valence-electron chi connectivity index (χ4n) is 1.14. The van der Waals surface area contributed by atoms with Crippen LogP contribution in [-0.2, 0) is 0 Å². The zero-order valence-electron chi connectivity index (χ0n) is 8.61. The van der Waals surface area contributed by atoms with Gasteiger partial charge in [0.15, 0.2) is 5.82 Å². The van der Waals surface area contributed by atoms with Gasteiger partial charge in [-0.25, -0.2) is 9.97 Å². The molecule has 0 aliphatic rings. The van der Waals surface area contributed by atoms with Gasteiger partial charge in [0.1, 0.15) is 0 Å². The molecule has 0 aromatic carbocycles. The molecule has 1 heterocycles. The molecule has 0 amide bonds. The monoisotopic (exact) mass is 191 g/mol. The Hall–Kier alpha value is -1.38. The molecule has 0 saturated carbocycles. The number of hydrogen-bond acceptors (Lipinski definition) is 3. The molecule has 2 N–H and O–H groups in total. The van der Waals surface area contributed by atoms with Gasteiger partial charge in [-0.2, -0.15) is 0 Å². The van der Waals surface area contributed by atoms with Crippen molar-refractivity contribution in [2.75, 3.05) is 5.73 Å². The van der Waals surface area contributed by atoms with E-state index in [4.69, 9.17) is 5.73 Å². The van der Waals surface area contributed by atoms with Crippen LogP contribution in [0, 0.1) is 0 Å². The average molecular weight is 191 g/mol. The Morgan fingerprint density at radius 1 is 1.29 bits per heavy atom. The van der Waals surface area contributed by atoms with E-state index in [0.29, 0.717) is 5.69 Å². The van der Waals surface area contributed by atoms with Gasteiger partial charge in [-0.3, -0.25) is 0 Å². The summed E-state index contributed by atoms with van der Waals surface area (Å²) in [7, 11) is 0. The van der Waals surface area contributed by atoms with Gasteiger partial charge in [0.2, 0.25) is 0 Å². The zero-order valence-corrected chi connectivity index (χ0v) is 8.61. The van der Waals surface area contributed by atoms with Crippen molar-refractivity contribution in [3.63, 3.8) is 0 Å². The zero-order chi connectivity index (χ0) is 10.2. The first-order chi connectivity index (χ1) is 6.83. The van der Waals surface area contributed by atoms with Crippen LogP contribution in [0.15, 0.2) is 18.5 Å². The summed E-state index contributed by atoms with van der Waals surface area (Å²) in [5.41, 5.74) is 6.08. The van der Waals surface area contributed by atoms with Crippen molar-refractivity contribution in [2.45, 2.75) is 32.6 Å². The molecule has 0 saturated heterocycles. The molecule has 0 aliphatic carbocycles. The molecule has 1 aromatic heterocycles. The second kappa shape index (κ2) is 6.13. The fraction of sp³-hybridized carbons (Fsp3) is 0.455. The van der Waals surface area contributed by atoms with E-state index in [1.54, 1.807) is 12.4 Å². The molecule has 3 heteroatoms. The van der Waals surface area contributed by atoms with Crippen LogP contribution < -0.4 is 5.73 Å². The van der Waals surface area contributed by atoms with E-state index in [9.17, 15) is 0 Å². The number of hydrogen-bond donors (Lipinski definition) is 1. The largest absolute Gasteiger partial charge is 0.396 e. The molecule has 14 heavy (non-hydrogen) atoms. The minimum Gasteiger partial charge on any atom is -0.396 e. The fourth-order valence-corrected chi connectivity index (χ4v) is 1.14. The summed E-state index contributed by atoms with van der Waals surface area (Å²) < 4.78 is 0. The SMILES string of the molecule is CCCCC/C=C/c1ncc(N)cn1. The predicted molar refractivity (Wildman–Crippen MR) is 59.6 cm³/mol. The summed E-state index contributed by atoms with van der Waals surface area (Å²) in [6.45, 7) is 2.20. The van der Waals surface area contributed by atoms with Gasteiger partial charge in [0.05, 0.1) is 18.1 Å². The Bertz CT molecular complexity index is 277. The van der Waals surface area contributed by atoms with Crippen molar-refractivity contribution in [1.29, 1.82) is 0 Å². The van der Waals surface area contributed by atoms with E-state index in [-0.39, 0.29) is 0 Å². The van der Waals surface area contributed by atoms with Crippen LogP contribution in [0.1, 0.15) is 38.4 Å². The topological polar surface area (TPSA) is 51.8 Å². The number of allylic oxidation sites excluding steroid dienone is 1. The second-order valence-corrected chi connectivity index (χ2v) is 3.27. The summed E-state index contributed by atoms with van der Waals surface area (Å²) in [5.74, 6) is 0.732. The lowest BCUT2D eigenvalue weighted by molar-refractivity contribution is 0.730. The lowest BCUT2D eigenvalue weighted by atomic mass is 10.2. The van der Waals surface area contributed by atoms with Gasteiger partial charge in [-0.15, -0.1) is 0 Å². The van der Waals surface area contributed by atoms with E-state index in [1.165, 1.54) is 19.3 Å². The van der Waals surface area contributed by atoms with Crippen LogP contribution in [0.25, 0.3) is 6.08 Å². The van der Waals surface area contributed by atoms with Crippen molar-refractivity contribution in [3.05, 3.63) is 24.3 Å². The Morgan fingerprint density at radius 3 is 2.64 bits per heavy atom. The van der Waals surface area contributed by atoms with Crippen LogP contribution in [0.3, 0.4) is 0 Å². The second-order valence-electron chi connectivity index (χ2n) is 3.27. The van der Waals surface area contributed by atoms with Crippen LogP contribution in [0.5, 0.6) is 0 Å². The highest BCUT2D eigenvalue weighted by molar-refractivity contribution is 5.42. The third-order valence-corrected chi connectivity index (χ3v) is 1.93. The molecule has 1 aromatic rings. The van der Waals surface area contributed by atoms with E-state index in [1.807, 2.05) is 6.08 Å². The summed E-state index contributed by atoms with van der Waals surface area (Å²) in [6, 6.07) is 0. The molecule has 0 radical (unpaired) electrons. The van der Waals surface area contributed by atoms with E-state index >= 15 is 0 Å². The third kappa shape index (κ3) is 4.03. The molecule has 0 aliphatic heterocycles. The quantitative estimate of drug-likeness (QED) is 0.728. The first-order valence-electron chi connectivity index (χ1n) is 5.07. The molecular weight excluding hydrogens is 174 g/mol. The molecule has 76 valence electrons. The summed E-state index contributed by atoms with van der Waals surface area (Å²) in [5, 5.41) is 0. The molecule has 0 atom stereocenters. The van der Waals surface area contributed by atoms with Gasteiger partial charge in [0.25, 0.3) is 0 Å². The Balaban J connectivity index is 2.33. The lowest BCUT2D eigenvalue weighted by Gasteiger charge is -1.93. The van der Waals surface area contributed by atoms with Crippen LogP contribution in [0.2, 0.25) is 0 Å². The van der Waals surface area contributed by atoms with Crippen LogP contribution in [-0.4, -0.2) is 9.97 Å². The minimum absolute atomic E-state index is 0.605. The van der Waals surface area contributed by atoms with Gasteiger partial charge in [-0.05, 0) is 18.9 Å². The predicted octanol–water partition coefficient (Wildman–Crippen LogP) is 2.65. The molecule has 0 unspecified atom stereocenters. The number of nitrogen functional groups attached to an aromatic ring is 1. The summed E-state index contributed by atoms with van der Waals surface area (Å²) in [4.78, 5) is 8.15. The molecule has 3 nitrogen and oxygen atoms in total. The first-order valence-corrected chi connectivity index (χ1v) is 5.07. The molecule has 0 fully saturated rings. The lowest BCUT2D eigenvalue weighted by Crippen LogP contribution is -1.90. The highest BCUT2D eigenvalue weighted by atomic mass is 14.9. The smallest absolute Gasteiger partial charge is 0.151 e. The number of unbranched alkanes of at least 4 members (excludes halogenated alkanes) is 3.